The number of Topliss-reactive ketones (excluding diaryl/α,β-unsaturated/α-hetero) is 1. The number of hydrogen-bond donors (Lipinski definition) is 5. The molecule has 0 spiro atoms. The van der Waals surface area contributed by atoms with Crippen molar-refractivity contribution in [1.29, 1.82) is 0 Å². The molecular weight excluding hydrogens is 488 g/mol. The number of aromatic nitrogens is 3. The molecule has 0 radical (unpaired) electrons. The molecule has 6 N–H and O–H groups in total. The summed E-state index contributed by atoms with van der Waals surface area (Å²) in [4.78, 5) is 74.4. The number of ketones is 1. The van der Waals surface area contributed by atoms with Crippen molar-refractivity contribution in [1.82, 2.24) is 30.8 Å². The van der Waals surface area contributed by atoms with E-state index in [1.54, 1.807) is 0 Å². The number of rotatable bonds is 11. The van der Waals surface area contributed by atoms with Crippen LogP contribution in [0, 0.1) is 5.92 Å². The van der Waals surface area contributed by atoms with Gasteiger partial charge in [-0.05, 0) is 54.0 Å². The number of nitrogens with two attached hydrogens (primary N) is 1. The van der Waals surface area contributed by atoms with Gasteiger partial charge in [0.15, 0.2) is 0 Å². The molecule has 4 amide bonds. The molecule has 3 aliphatic rings. The van der Waals surface area contributed by atoms with Crippen molar-refractivity contribution in [2.24, 2.45) is 5.92 Å². The molecule has 196 valence electrons. The Morgan fingerprint density at radius 3 is 2.54 bits per heavy atom. The lowest BCUT2D eigenvalue weighted by Gasteiger charge is -2.61. The van der Waals surface area contributed by atoms with Gasteiger partial charge in [-0.1, -0.05) is 0 Å². The maximum atomic E-state index is 13.0. The van der Waals surface area contributed by atoms with Crippen molar-refractivity contribution in [2.75, 3.05) is 18.1 Å². The molecule has 1 atom stereocenters. The average Bonchev–Trinajstić information content (AvgIpc) is 3.25. The zero-order chi connectivity index (χ0) is 26.7. The minimum atomic E-state index is -1.36. The molecule has 2 heterocycles. The van der Waals surface area contributed by atoms with Gasteiger partial charge in [0, 0.05) is 25.2 Å². The van der Waals surface area contributed by atoms with E-state index in [9.17, 15) is 28.8 Å². The molecule has 3 aliphatic carbocycles. The van der Waals surface area contributed by atoms with Crippen LogP contribution in [0.1, 0.15) is 42.6 Å². The minimum absolute atomic E-state index is 0.141. The van der Waals surface area contributed by atoms with Gasteiger partial charge in [-0.3, -0.25) is 28.8 Å². The van der Waals surface area contributed by atoms with Crippen molar-refractivity contribution in [3.05, 3.63) is 34.4 Å². The van der Waals surface area contributed by atoms with Crippen LogP contribution in [0.2, 0.25) is 0 Å². The summed E-state index contributed by atoms with van der Waals surface area (Å²) in [6.07, 6.45) is 3.62. The smallest absolute Gasteiger partial charge is 0.287 e. The molecule has 3 saturated carbocycles. The largest absolute Gasteiger partial charge is 0.379 e. The van der Waals surface area contributed by atoms with Gasteiger partial charge < -0.3 is 31.6 Å². The van der Waals surface area contributed by atoms with Crippen LogP contribution in [0.25, 0.3) is 0 Å². The molecule has 37 heavy (non-hydrogen) atoms. The summed E-state index contributed by atoms with van der Waals surface area (Å²) < 4.78 is 5.54. The lowest BCUT2D eigenvalue weighted by atomic mass is 9.50. The Morgan fingerprint density at radius 1 is 1.22 bits per heavy atom. The SMILES string of the molecule is CNC(=O)C(=O)CCC(NC(=O)c1nonc1N)C(=O)Nc1cccn(CC(=O)NC23CC(C2)C3)c1=O. The van der Waals surface area contributed by atoms with E-state index in [0.29, 0.717) is 5.92 Å². The summed E-state index contributed by atoms with van der Waals surface area (Å²) in [6.45, 7) is -0.228. The molecule has 1 unspecified atom stereocenters. The van der Waals surface area contributed by atoms with Crippen molar-refractivity contribution < 1.29 is 28.6 Å². The molecular formula is C22H26N8O7. The topological polar surface area (TPSA) is 220 Å². The highest BCUT2D eigenvalue weighted by atomic mass is 16.6. The van der Waals surface area contributed by atoms with E-state index in [-0.39, 0.29) is 48.0 Å². The predicted molar refractivity (Wildman–Crippen MR) is 126 cm³/mol. The van der Waals surface area contributed by atoms with Gasteiger partial charge in [0.1, 0.15) is 18.3 Å². The van der Waals surface area contributed by atoms with Crippen molar-refractivity contribution in [3.8, 4) is 0 Å². The molecule has 15 nitrogen and oxygen atoms in total. The van der Waals surface area contributed by atoms with Crippen LogP contribution in [-0.2, 0) is 25.7 Å². The molecule has 2 bridgehead atoms. The summed E-state index contributed by atoms with van der Waals surface area (Å²) in [7, 11) is 1.28. The molecule has 3 fully saturated rings. The minimum Gasteiger partial charge on any atom is -0.379 e. The van der Waals surface area contributed by atoms with E-state index < -0.39 is 35.1 Å². The van der Waals surface area contributed by atoms with E-state index in [1.165, 1.54) is 25.4 Å². The lowest BCUT2D eigenvalue weighted by Crippen LogP contribution is -2.68. The first-order valence-corrected chi connectivity index (χ1v) is 11.6. The maximum Gasteiger partial charge on any atom is 0.287 e. The summed E-state index contributed by atoms with van der Waals surface area (Å²) in [5.41, 5.74) is 4.20. The summed E-state index contributed by atoms with van der Waals surface area (Å²) >= 11 is 0. The Bertz CT molecular complexity index is 1300. The van der Waals surface area contributed by atoms with Crippen LogP contribution in [0.15, 0.2) is 27.8 Å². The van der Waals surface area contributed by atoms with Gasteiger partial charge >= 0.3 is 0 Å². The number of anilines is 2. The quantitative estimate of drug-likeness (QED) is 0.214. The number of pyridine rings is 1. The molecule has 15 heteroatoms. The van der Waals surface area contributed by atoms with E-state index in [2.05, 4.69) is 36.2 Å². The van der Waals surface area contributed by atoms with Crippen LogP contribution in [0.3, 0.4) is 0 Å². The van der Waals surface area contributed by atoms with E-state index in [4.69, 9.17) is 5.73 Å². The standard InChI is InChI=1S/C22H26N8O7/c1-24-19(34)14(31)5-4-12(25-20(35)16-17(23)29-37-28-16)18(33)26-13-3-2-6-30(21(13)36)10-15(32)27-22-7-11(8-22)9-22/h2-3,6,11-12H,4-5,7-10H2,1H3,(H2,23,29)(H,24,34)(H,25,35)(H,26,33)(H,27,32). The third kappa shape index (κ3) is 5.49. The molecule has 0 aromatic carbocycles. The van der Waals surface area contributed by atoms with Crippen LogP contribution in [0.4, 0.5) is 11.5 Å². The van der Waals surface area contributed by atoms with Crippen LogP contribution < -0.4 is 32.6 Å². The van der Waals surface area contributed by atoms with Gasteiger partial charge in [-0.15, -0.1) is 0 Å². The van der Waals surface area contributed by atoms with Crippen LogP contribution >= 0.6 is 0 Å². The van der Waals surface area contributed by atoms with E-state index in [0.717, 1.165) is 23.8 Å². The normalized spacial score (nSPS) is 20.0. The van der Waals surface area contributed by atoms with Gasteiger partial charge in [0.25, 0.3) is 17.4 Å². The Labute approximate surface area is 209 Å². The fourth-order valence-corrected chi connectivity index (χ4v) is 4.47. The highest BCUT2D eigenvalue weighted by Gasteiger charge is 2.57. The number of carbonyl (C=O) groups excluding carboxylic acids is 5. The highest BCUT2D eigenvalue weighted by Crippen LogP contribution is 2.56. The van der Waals surface area contributed by atoms with Crippen molar-refractivity contribution in [3.63, 3.8) is 0 Å². The van der Waals surface area contributed by atoms with Crippen LogP contribution in [-0.4, -0.2) is 62.9 Å². The zero-order valence-corrected chi connectivity index (χ0v) is 19.9. The van der Waals surface area contributed by atoms with E-state index >= 15 is 0 Å². The third-order valence-electron chi connectivity index (χ3n) is 6.53. The maximum absolute atomic E-state index is 13.0. The molecule has 0 aliphatic heterocycles. The number of nitrogen functional groups attached to an aromatic ring is 1. The number of nitrogens with one attached hydrogen (secondary N) is 4. The number of likely N-dealkylation sites (N-methyl/N-ethyl adjacent to an activating group) is 1. The average molecular weight is 514 g/mol. The molecule has 5 rings (SSSR count). The molecule has 2 aromatic heterocycles. The Hall–Kier alpha value is -4.56. The van der Waals surface area contributed by atoms with E-state index in [1.807, 2.05) is 0 Å². The van der Waals surface area contributed by atoms with Gasteiger partial charge in [-0.25, -0.2) is 4.63 Å². The second-order valence-corrected chi connectivity index (χ2v) is 9.22. The Balaban J connectivity index is 1.45. The number of amides is 4. The fourth-order valence-electron chi connectivity index (χ4n) is 4.47. The summed E-state index contributed by atoms with van der Waals surface area (Å²) in [5, 5.41) is 16.6. The zero-order valence-electron chi connectivity index (χ0n) is 19.9. The second-order valence-electron chi connectivity index (χ2n) is 9.22. The second kappa shape index (κ2) is 10.2. The monoisotopic (exact) mass is 514 g/mol. The van der Waals surface area contributed by atoms with Gasteiger partial charge in [0.05, 0.1) is 0 Å². The van der Waals surface area contributed by atoms with Crippen molar-refractivity contribution in [2.45, 2.75) is 50.2 Å². The number of hydrogen-bond acceptors (Lipinski definition) is 10. The first kappa shape index (κ1) is 25.5. The molecule has 2 aromatic rings. The van der Waals surface area contributed by atoms with Gasteiger partial charge in [-0.2, -0.15) is 0 Å². The van der Waals surface area contributed by atoms with Gasteiger partial charge in [0.2, 0.25) is 29.1 Å². The third-order valence-corrected chi connectivity index (χ3v) is 6.53. The fraction of sp³-hybridized carbons (Fsp3) is 0.455. The summed E-state index contributed by atoms with van der Waals surface area (Å²) in [5.74, 6) is -3.38. The summed E-state index contributed by atoms with van der Waals surface area (Å²) in [6, 6.07) is 1.46. The number of carbonyl (C=O) groups is 5. The number of nitrogens with zero attached hydrogens (tertiary/aromatic N) is 3. The van der Waals surface area contributed by atoms with Crippen LogP contribution in [0.5, 0.6) is 0 Å². The predicted octanol–water partition coefficient (Wildman–Crippen LogP) is -1.69. The highest BCUT2D eigenvalue weighted by molar-refractivity contribution is 6.36. The lowest BCUT2D eigenvalue weighted by molar-refractivity contribution is -0.137. The Kier molecular flexibility index (Phi) is 7.04. The Morgan fingerprint density at radius 2 is 1.95 bits per heavy atom. The first-order chi connectivity index (χ1) is 17.6. The first-order valence-electron chi connectivity index (χ1n) is 11.6. The molecule has 0 saturated heterocycles. The van der Waals surface area contributed by atoms with Crippen molar-refractivity contribution >= 4 is 40.9 Å².